The largest absolute Gasteiger partial charge is 0.309 e. The first-order chi connectivity index (χ1) is 23.7. The lowest BCUT2D eigenvalue weighted by Crippen LogP contribution is -2.25. The number of hydrogen-bond donors (Lipinski definition) is 0. The molecule has 0 aliphatic carbocycles. The van der Waals surface area contributed by atoms with Crippen molar-refractivity contribution in [1.29, 1.82) is 0 Å². The maximum Gasteiger partial charge on any atom is 0.171 e. The summed E-state index contributed by atoms with van der Waals surface area (Å²) in [5.74, 6) is 0. The fourth-order valence-corrected chi connectivity index (χ4v) is 9.74. The molecule has 0 aliphatic rings. The summed E-state index contributed by atoms with van der Waals surface area (Å²) in [6.45, 7) is 0. The van der Waals surface area contributed by atoms with Crippen molar-refractivity contribution in [1.82, 2.24) is 9.97 Å². The Labute approximate surface area is 278 Å². The molecule has 2 aromatic heterocycles. The van der Waals surface area contributed by atoms with Gasteiger partial charge in [0.15, 0.2) is 7.14 Å². The quantitative estimate of drug-likeness (QED) is 0.140. The summed E-state index contributed by atoms with van der Waals surface area (Å²) >= 11 is 0. The molecule has 48 heavy (non-hydrogen) atoms. The first-order valence-corrected chi connectivity index (χ1v) is 17.8. The molecule has 0 radical (unpaired) electrons. The molecule has 0 fully saturated rings. The van der Waals surface area contributed by atoms with E-state index in [2.05, 4.69) is 84.9 Å². The van der Waals surface area contributed by atoms with Gasteiger partial charge in [-0.1, -0.05) is 152 Å². The van der Waals surface area contributed by atoms with Crippen molar-refractivity contribution in [2.45, 2.75) is 0 Å². The molecule has 0 bridgehead atoms. The summed E-state index contributed by atoms with van der Waals surface area (Å²) < 4.78 is 15.2. The van der Waals surface area contributed by atoms with E-state index in [0.29, 0.717) is 0 Å². The lowest BCUT2D eigenvalue weighted by molar-refractivity contribution is 0.592. The molecule has 0 unspecified atom stereocenters. The van der Waals surface area contributed by atoms with E-state index in [9.17, 15) is 0 Å². The van der Waals surface area contributed by atoms with Gasteiger partial charge in [-0.2, -0.15) is 0 Å². The molecule has 0 aliphatic heterocycles. The van der Waals surface area contributed by atoms with Gasteiger partial charge in [0.2, 0.25) is 0 Å². The fraction of sp³-hybridized carbons (Fsp3) is 0. The molecular weight excluding hydrogens is 603 g/mol. The van der Waals surface area contributed by atoms with Crippen LogP contribution in [0.25, 0.3) is 65.7 Å². The van der Waals surface area contributed by atoms with Crippen LogP contribution >= 0.6 is 7.14 Å². The SMILES string of the molecule is O=P(c1ccccc1)(c1ccccc1)c1cccc(-c2ccc3c(c2)nc(-c2ccccc2)c2ccc4ccc5cccnc5c4c23)c1. The maximum absolute atomic E-state index is 15.2. The predicted molar refractivity (Wildman–Crippen MR) is 202 cm³/mol. The molecule has 3 nitrogen and oxygen atoms in total. The van der Waals surface area contributed by atoms with Crippen LogP contribution in [0.2, 0.25) is 0 Å². The lowest BCUT2D eigenvalue weighted by atomic mass is 9.93. The van der Waals surface area contributed by atoms with E-state index < -0.39 is 7.14 Å². The molecule has 2 heterocycles. The summed E-state index contributed by atoms with van der Waals surface area (Å²) in [4.78, 5) is 10.2. The van der Waals surface area contributed by atoms with Crippen LogP contribution in [0.15, 0.2) is 176 Å². The third-order valence-corrected chi connectivity index (χ3v) is 12.4. The minimum Gasteiger partial charge on any atom is -0.309 e. The zero-order valence-corrected chi connectivity index (χ0v) is 26.9. The molecule has 0 spiro atoms. The monoisotopic (exact) mass is 632 g/mol. The molecule has 9 rings (SSSR count). The normalized spacial score (nSPS) is 11.8. The van der Waals surface area contributed by atoms with Crippen LogP contribution in [0.3, 0.4) is 0 Å². The van der Waals surface area contributed by atoms with Crippen molar-refractivity contribution in [3.63, 3.8) is 0 Å². The van der Waals surface area contributed by atoms with Crippen LogP contribution in [0.1, 0.15) is 0 Å². The smallest absolute Gasteiger partial charge is 0.171 e. The Morgan fingerprint density at radius 3 is 1.79 bits per heavy atom. The Balaban J connectivity index is 1.30. The van der Waals surface area contributed by atoms with Crippen LogP contribution in [0, 0.1) is 0 Å². The van der Waals surface area contributed by atoms with Gasteiger partial charge in [0, 0.05) is 54.6 Å². The van der Waals surface area contributed by atoms with Gasteiger partial charge in [-0.25, -0.2) is 4.98 Å². The maximum atomic E-state index is 15.2. The van der Waals surface area contributed by atoms with Crippen molar-refractivity contribution in [3.05, 3.63) is 176 Å². The van der Waals surface area contributed by atoms with Crippen molar-refractivity contribution >= 4 is 66.4 Å². The van der Waals surface area contributed by atoms with E-state index in [1.807, 2.05) is 91.1 Å². The second kappa shape index (κ2) is 11.4. The average Bonchev–Trinajstić information content (AvgIpc) is 3.17. The number of hydrogen-bond acceptors (Lipinski definition) is 3. The molecular formula is C44H29N2OP. The molecule has 9 aromatic rings. The van der Waals surface area contributed by atoms with Crippen LogP contribution < -0.4 is 15.9 Å². The summed E-state index contributed by atoms with van der Waals surface area (Å²) in [6.07, 6.45) is 1.87. The summed E-state index contributed by atoms with van der Waals surface area (Å²) in [7, 11) is -3.13. The summed E-state index contributed by atoms with van der Waals surface area (Å²) in [6, 6.07) is 57.6. The van der Waals surface area contributed by atoms with Crippen molar-refractivity contribution < 1.29 is 4.57 Å². The standard InChI is InChI=1S/C44H29N2OP/c47-48(35-16-6-2-7-17-35,36-18-8-3-9-19-36)37-20-10-14-33(28-37)34-24-25-38-40(29-34)46-43(31-12-4-1-5-13-31)39-26-23-30-21-22-32-15-11-27-45-44(32)41(30)42(38)39/h1-29H. The lowest BCUT2D eigenvalue weighted by Gasteiger charge is -2.21. The fourth-order valence-electron chi connectivity index (χ4n) is 7.05. The summed E-state index contributed by atoms with van der Waals surface area (Å²) in [5.41, 5.74) is 5.91. The first kappa shape index (κ1) is 28.3. The van der Waals surface area contributed by atoms with Crippen LogP contribution in [-0.4, -0.2) is 9.97 Å². The third-order valence-electron chi connectivity index (χ3n) is 9.34. The molecule has 226 valence electrons. The molecule has 4 heteroatoms. The Morgan fingerprint density at radius 1 is 0.438 bits per heavy atom. The van der Waals surface area contributed by atoms with E-state index in [0.717, 1.165) is 81.6 Å². The predicted octanol–water partition coefficient (Wildman–Crippen LogP) is 10.1. The zero-order valence-electron chi connectivity index (χ0n) is 26.0. The number of aromatic nitrogens is 2. The molecule has 0 saturated carbocycles. The number of pyridine rings is 2. The minimum atomic E-state index is -3.13. The van der Waals surface area contributed by atoms with Crippen molar-refractivity contribution in [3.8, 4) is 22.4 Å². The minimum absolute atomic E-state index is 0.803. The van der Waals surface area contributed by atoms with Crippen LogP contribution in [0.5, 0.6) is 0 Å². The van der Waals surface area contributed by atoms with Gasteiger partial charge in [-0.15, -0.1) is 0 Å². The molecule has 0 N–H and O–H groups in total. The number of fused-ring (bicyclic) bond motifs is 7. The van der Waals surface area contributed by atoms with Gasteiger partial charge in [-0.3, -0.25) is 4.98 Å². The second-order valence-corrected chi connectivity index (χ2v) is 14.9. The highest BCUT2D eigenvalue weighted by atomic mass is 31.2. The highest BCUT2D eigenvalue weighted by Gasteiger charge is 2.29. The van der Waals surface area contributed by atoms with Gasteiger partial charge < -0.3 is 4.57 Å². The second-order valence-electron chi connectivity index (χ2n) is 12.1. The first-order valence-electron chi connectivity index (χ1n) is 16.1. The number of rotatable bonds is 5. The van der Waals surface area contributed by atoms with E-state index in [1.54, 1.807) is 0 Å². The number of benzene rings is 7. The van der Waals surface area contributed by atoms with Crippen LogP contribution in [0.4, 0.5) is 0 Å². The van der Waals surface area contributed by atoms with E-state index >= 15 is 4.57 Å². The van der Waals surface area contributed by atoms with E-state index in [1.165, 1.54) is 0 Å². The Hall–Kier alpha value is -5.89. The molecule has 0 saturated heterocycles. The van der Waals surface area contributed by atoms with E-state index in [-0.39, 0.29) is 0 Å². The Kier molecular flexibility index (Phi) is 6.74. The Morgan fingerprint density at radius 2 is 1.04 bits per heavy atom. The molecule has 7 aromatic carbocycles. The highest BCUT2D eigenvalue weighted by Crippen LogP contribution is 2.44. The van der Waals surface area contributed by atoms with Gasteiger partial charge in [0.25, 0.3) is 0 Å². The van der Waals surface area contributed by atoms with Gasteiger partial charge in [-0.05, 0) is 34.7 Å². The van der Waals surface area contributed by atoms with E-state index in [4.69, 9.17) is 9.97 Å². The summed E-state index contributed by atoms with van der Waals surface area (Å²) in [5, 5.41) is 9.16. The zero-order chi connectivity index (χ0) is 32.1. The van der Waals surface area contributed by atoms with Gasteiger partial charge in [0.05, 0.1) is 16.7 Å². The molecule has 0 atom stereocenters. The number of nitrogens with zero attached hydrogens (tertiary/aromatic N) is 2. The third kappa shape index (κ3) is 4.55. The van der Waals surface area contributed by atoms with Crippen molar-refractivity contribution in [2.24, 2.45) is 0 Å². The van der Waals surface area contributed by atoms with Gasteiger partial charge in [0.1, 0.15) is 0 Å². The highest BCUT2D eigenvalue weighted by molar-refractivity contribution is 7.85. The molecule has 0 amide bonds. The topological polar surface area (TPSA) is 42.9 Å². The Bertz CT molecular complexity index is 2650. The van der Waals surface area contributed by atoms with Gasteiger partial charge >= 0.3 is 0 Å². The van der Waals surface area contributed by atoms with Crippen molar-refractivity contribution in [2.75, 3.05) is 0 Å². The van der Waals surface area contributed by atoms with Crippen LogP contribution in [-0.2, 0) is 4.57 Å². The average molecular weight is 633 g/mol.